The van der Waals surface area contributed by atoms with E-state index >= 15 is 4.39 Å². The Labute approximate surface area is 265 Å². The summed E-state index contributed by atoms with van der Waals surface area (Å²) in [7, 11) is 1.76. The van der Waals surface area contributed by atoms with Crippen LogP contribution in [0.3, 0.4) is 0 Å². The van der Waals surface area contributed by atoms with Gasteiger partial charge in [0.2, 0.25) is 0 Å². The number of nitrogens with one attached hydrogen (secondary N) is 1. The first-order chi connectivity index (χ1) is 21.6. The molecule has 45 heavy (non-hydrogen) atoms. The fourth-order valence-corrected chi connectivity index (χ4v) is 9.57. The second-order valence-electron chi connectivity index (χ2n) is 14.1. The minimum atomic E-state index is -0.816. The molecule has 4 saturated carbocycles. The smallest absolute Gasteiger partial charge is 0.197 e. The number of benzene rings is 2. The van der Waals surface area contributed by atoms with Gasteiger partial charge in [-0.2, -0.15) is 0 Å². The summed E-state index contributed by atoms with van der Waals surface area (Å²) in [6.07, 6.45) is 6.18. The Morgan fingerprint density at radius 1 is 1.00 bits per heavy atom. The van der Waals surface area contributed by atoms with Crippen LogP contribution >= 0.6 is 0 Å². The van der Waals surface area contributed by atoms with Crippen molar-refractivity contribution in [2.75, 3.05) is 58.1 Å². The van der Waals surface area contributed by atoms with Gasteiger partial charge in [-0.15, -0.1) is 0 Å². The first-order valence-corrected chi connectivity index (χ1v) is 16.7. The van der Waals surface area contributed by atoms with Crippen LogP contribution in [0.5, 0.6) is 17.2 Å². The number of nitrogens with zero attached hydrogens (tertiary/aromatic N) is 2. The maximum atomic E-state index is 16.0. The highest BCUT2D eigenvalue weighted by Gasteiger charge is 2.59. The van der Waals surface area contributed by atoms with E-state index in [1.54, 1.807) is 25.0 Å². The summed E-state index contributed by atoms with van der Waals surface area (Å²) in [6.45, 7) is 10.8. The summed E-state index contributed by atoms with van der Waals surface area (Å²) < 4.78 is 39.3. The predicted octanol–water partition coefficient (Wildman–Crippen LogP) is 6.30. The topological polar surface area (TPSA) is 84.3 Å². The third-order valence-electron chi connectivity index (χ3n) is 11.4. The molecule has 1 saturated heterocycles. The van der Waals surface area contributed by atoms with E-state index < -0.39 is 11.4 Å². The minimum Gasteiger partial charge on any atom is -0.494 e. The number of amidine groups is 1. The van der Waals surface area contributed by atoms with E-state index in [2.05, 4.69) is 11.0 Å². The number of fused-ring (bicyclic) bond motifs is 1. The zero-order valence-corrected chi connectivity index (χ0v) is 27.3. The fraction of sp³-hybridized carbons (Fsp3) is 0.611. The highest BCUT2D eigenvalue weighted by atomic mass is 19.1. The van der Waals surface area contributed by atoms with Crippen LogP contribution in [-0.2, 0) is 15.7 Å². The number of halogens is 1. The van der Waals surface area contributed by atoms with E-state index in [0.717, 1.165) is 49.2 Å². The Bertz CT molecular complexity index is 1520. The van der Waals surface area contributed by atoms with Gasteiger partial charge >= 0.3 is 0 Å². The zero-order valence-electron chi connectivity index (χ0n) is 27.3. The van der Waals surface area contributed by atoms with Gasteiger partial charge in [0.15, 0.2) is 23.1 Å². The summed E-state index contributed by atoms with van der Waals surface area (Å²) in [5, 5.41) is 9.10. The van der Waals surface area contributed by atoms with Gasteiger partial charge in [0.05, 0.1) is 56.9 Å². The molecule has 6 aliphatic rings. The van der Waals surface area contributed by atoms with E-state index in [-0.39, 0.29) is 41.5 Å². The number of methoxy groups -OCH3 is 1. The molecule has 5 fully saturated rings. The average Bonchev–Trinajstić information content (AvgIpc) is 3.51. The van der Waals surface area contributed by atoms with Gasteiger partial charge in [-0.3, -0.25) is 10.2 Å². The standard InChI is InChI=1S/C36H46FN3O5/c1-6-44-29-17-25-30(31(37)33(29)45-7-2)34(38)40(35(25,3)4)20-28(41)23-15-26(36-18-21-12-22(19-36)14-24(36)13-21)32(42-5)27(16-23)39-8-10-43-11-9-39/h15-17,21-22,24,38H,6-14,18-20H2,1-5H3. The van der Waals surface area contributed by atoms with Gasteiger partial charge in [0.1, 0.15) is 11.6 Å². The van der Waals surface area contributed by atoms with Crippen molar-refractivity contribution in [3.05, 3.63) is 46.3 Å². The van der Waals surface area contributed by atoms with E-state index in [1.165, 1.54) is 24.8 Å². The van der Waals surface area contributed by atoms with Crippen LogP contribution in [0, 0.1) is 29.0 Å². The molecular formula is C36H46FN3O5. The number of carbonyl (C=O) groups is 1. The Morgan fingerprint density at radius 2 is 1.69 bits per heavy atom. The Hall–Kier alpha value is -3.33. The molecule has 2 heterocycles. The molecule has 2 aliphatic heterocycles. The van der Waals surface area contributed by atoms with Crippen LogP contribution in [0.2, 0.25) is 0 Å². The molecule has 9 heteroatoms. The summed E-state index contributed by atoms with van der Waals surface area (Å²) in [6, 6.07) is 5.86. The van der Waals surface area contributed by atoms with Gasteiger partial charge < -0.3 is 28.7 Å². The third-order valence-corrected chi connectivity index (χ3v) is 11.4. The first-order valence-electron chi connectivity index (χ1n) is 16.7. The maximum Gasteiger partial charge on any atom is 0.197 e. The number of hydrogen-bond donors (Lipinski definition) is 1. The van der Waals surface area contributed by atoms with Crippen molar-refractivity contribution < 1.29 is 28.1 Å². The molecule has 1 N–H and O–H groups in total. The zero-order chi connectivity index (χ0) is 31.7. The van der Waals surface area contributed by atoms with Crippen molar-refractivity contribution >= 4 is 17.3 Å². The lowest BCUT2D eigenvalue weighted by Gasteiger charge is -2.38. The number of ketones is 1. The lowest BCUT2D eigenvalue weighted by Crippen LogP contribution is -2.42. The quantitative estimate of drug-likeness (QED) is 0.312. The molecule has 2 aromatic rings. The number of carbonyl (C=O) groups excluding carboxylic acids is 1. The molecule has 8 nitrogen and oxygen atoms in total. The summed E-state index contributed by atoms with van der Waals surface area (Å²) >= 11 is 0. The predicted molar refractivity (Wildman–Crippen MR) is 171 cm³/mol. The molecular weight excluding hydrogens is 573 g/mol. The van der Waals surface area contributed by atoms with E-state index in [1.807, 2.05) is 26.8 Å². The molecule has 242 valence electrons. The molecule has 0 radical (unpaired) electrons. The fourth-order valence-electron chi connectivity index (χ4n) is 9.57. The lowest BCUT2D eigenvalue weighted by molar-refractivity contribution is 0.0920. The Morgan fingerprint density at radius 3 is 2.33 bits per heavy atom. The molecule has 2 aromatic carbocycles. The summed E-state index contributed by atoms with van der Waals surface area (Å²) in [5.74, 6) is 2.64. The normalized spacial score (nSPS) is 27.7. The van der Waals surface area contributed by atoms with Gasteiger partial charge in [-0.1, -0.05) is 0 Å². The second kappa shape index (κ2) is 11.2. The third kappa shape index (κ3) is 4.63. The lowest BCUT2D eigenvalue weighted by atomic mass is 9.70. The van der Waals surface area contributed by atoms with Crippen LogP contribution < -0.4 is 19.1 Å². The minimum absolute atomic E-state index is 0.0155. The van der Waals surface area contributed by atoms with Gasteiger partial charge in [0, 0.05) is 29.6 Å². The van der Waals surface area contributed by atoms with Crippen LogP contribution in [0.1, 0.15) is 86.8 Å². The molecule has 0 amide bonds. The Kier molecular flexibility index (Phi) is 7.53. The van der Waals surface area contributed by atoms with E-state index in [0.29, 0.717) is 42.6 Å². The number of ether oxygens (including phenoxy) is 4. The van der Waals surface area contributed by atoms with Crippen LogP contribution in [-0.4, -0.2) is 69.7 Å². The molecule has 0 spiro atoms. The molecule has 0 aromatic heterocycles. The van der Waals surface area contributed by atoms with Crippen molar-refractivity contribution in [2.24, 2.45) is 17.8 Å². The largest absolute Gasteiger partial charge is 0.494 e. The second-order valence-corrected chi connectivity index (χ2v) is 14.1. The SMILES string of the molecule is CCOc1cc2c(c(F)c1OCC)C(=N)N(CC(=O)c1cc(N3CCOCC3)c(OC)c(C34CC5CC(CC3C5)C4)c1)C2(C)C. The van der Waals surface area contributed by atoms with Crippen molar-refractivity contribution in [3.63, 3.8) is 0 Å². The van der Waals surface area contributed by atoms with Crippen molar-refractivity contribution in [1.29, 1.82) is 5.41 Å². The van der Waals surface area contributed by atoms with Crippen LogP contribution in [0.4, 0.5) is 10.1 Å². The number of morpholine rings is 1. The molecule has 8 rings (SSSR count). The highest BCUT2D eigenvalue weighted by molar-refractivity contribution is 6.07. The van der Waals surface area contributed by atoms with Gasteiger partial charge in [-0.25, -0.2) is 4.39 Å². The summed E-state index contributed by atoms with van der Waals surface area (Å²) in [4.78, 5) is 18.4. The monoisotopic (exact) mass is 619 g/mol. The van der Waals surface area contributed by atoms with Crippen LogP contribution in [0.15, 0.2) is 18.2 Å². The maximum absolute atomic E-state index is 16.0. The molecule has 4 bridgehead atoms. The number of rotatable bonds is 10. The van der Waals surface area contributed by atoms with E-state index in [9.17, 15) is 4.79 Å². The van der Waals surface area contributed by atoms with Crippen molar-refractivity contribution in [2.45, 2.75) is 70.8 Å². The highest BCUT2D eigenvalue weighted by Crippen LogP contribution is 2.67. The average molecular weight is 620 g/mol. The molecule has 2 atom stereocenters. The molecule has 2 unspecified atom stereocenters. The van der Waals surface area contributed by atoms with Gasteiger partial charge in [-0.05, 0) is 101 Å². The number of Topliss-reactive ketones (excluding diaryl/α,β-unsaturated/α-hetero) is 1. The number of anilines is 1. The first kappa shape index (κ1) is 30.3. The van der Waals surface area contributed by atoms with Gasteiger partial charge in [0.25, 0.3) is 0 Å². The van der Waals surface area contributed by atoms with Crippen LogP contribution in [0.25, 0.3) is 0 Å². The van der Waals surface area contributed by atoms with E-state index in [4.69, 9.17) is 24.4 Å². The molecule has 4 aliphatic carbocycles. The Balaban J connectivity index is 1.28. The number of hydrogen-bond acceptors (Lipinski definition) is 7. The van der Waals surface area contributed by atoms with Crippen molar-refractivity contribution in [3.8, 4) is 17.2 Å². The van der Waals surface area contributed by atoms with Crippen molar-refractivity contribution in [1.82, 2.24) is 4.90 Å². The summed E-state index contributed by atoms with van der Waals surface area (Å²) in [5.41, 5.74) is 2.77.